The molecule has 2 aromatic carbocycles. The Labute approximate surface area is 137 Å². The van der Waals surface area contributed by atoms with Crippen molar-refractivity contribution in [1.82, 2.24) is 5.32 Å². The Morgan fingerprint density at radius 1 is 1.09 bits per heavy atom. The van der Waals surface area contributed by atoms with Crippen LogP contribution in [0, 0.1) is 6.92 Å². The van der Waals surface area contributed by atoms with Crippen molar-refractivity contribution in [3.05, 3.63) is 59.2 Å². The number of amides is 1. The Kier molecular flexibility index (Phi) is 6.03. The third-order valence-corrected chi connectivity index (χ3v) is 3.68. The topological polar surface area (TPSA) is 47.6 Å². The van der Waals surface area contributed by atoms with E-state index in [9.17, 15) is 4.79 Å². The van der Waals surface area contributed by atoms with Crippen LogP contribution in [0.3, 0.4) is 0 Å². The zero-order chi connectivity index (χ0) is 16.7. The maximum Gasteiger partial charge on any atom is 0.220 e. The van der Waals surface area contributed by atoms with Gasteiger partial charge in [-0.2, -0.15) is 0 Å². The van der Waals surface area contributed by atoms with Crippen molar-refractivity contribution >= 4 is 5.91 Å². The molecule has 0 saturated carbocycles. The summed E-state index contributed by atoms with van der Waals surface area (Å²) in [6, 6.07) is 13.9. The van der Waals surface area contributed by atoms with Crippen LogP contribution in [0.4, 0.5) is 0 Å². The maximum atomic E-state index is 12.0. The smallest absolute Gasteiger partial charge is 0.220 e. The predicted octanol–water partition coefficient (Wildman–Crippen LogP) is 3.26. The van der Waals surface area contributed by atoms with Gasteiger partial charge >= 0.3 is 0 Å². The first-order chi connectivity index (χ1) is 11.1. The molecule has 0 aliphatic heterocycles. The largest absolute Gasteiger partial charge is 0.493 e. The van der Waals surface area contributed by atoms with Crippen LogP contribution in [0.1, 0.15) is 23.1 Å². The highest BCUT2D eigenvalue weighted by Crippen LogP contribution is 2.30. The summed E-state index contributed by atoms with van der Waals surface area (Å²) in [5.74, 6) is 1.35. The number of carbonyl (C=O) groups excluding carboxylic acids is 1. The molecule has 4 heteroatoms. The van der Waals surface area contributed by atoms with E-state index in [1.807, 2.05) is 30.3 Å². The molecule has 0 atom stereocenters. The number of carbonyl (C=O) groups is 1. The molecule has 0 heterocycles. The van der Waals surface area contributed by atoms with Gasteiger partial charge in [-0.05, 0) is 25.0 Å². The summed E-state index contributed by atoms with van der Waals surface area (Å²) in [7, 11) is 3.20. The van der Waals surface area contributed by atoms with Crippen LogP contribution in [0.25, 0.3) is 0 Å². The number of para-hydroxylation sites is 1. The SMILES string of the molecule is COc1cccc(CNC(=O)CCc2cccc(C)c2)c1OC. The molecule has 0 aromatic heterocycles. The highest BCUT2D eigenvalue weighted by atomic mass is 16.5. The first-order valence-corrected chi connectivity index (χ1v) is 7.66. The van der Waals surface area contributed by atoms with Gasteiger partial charge in [-0.25, -0.2) is 0 Å². The molecular weight excluding hydrogens is 290 g/mol. The summed E-state index contributed by atoms with van der Waals surface area (Å²) in [6.07, 6.45) is 1.21. The van der Waals surface area contributed by atoms with Crippen molar-refractivity contribution in [3.8, 4) is 11.5 Å². The second-order valence-corrected chi connectivity index (χ2v) is 5.42. The van der Waals surface area contributed by atoms with Crippen LogP contribution in [0.15, 0.2) is 42.5 Å². The van der Waals surface area contributed by atoms with Gasteiger partial charge in [0.05, 0.1) is 14.2 Å². The van der Waals surface area contributed by atoms with Crippen LogP contribution in [-0.2, 0) is 17.8 Å². The molecule has 0 fully saturated rings. The van der Waals surface area contributed by atoms with E-state index >= 15 is 0 Å². The van der Waals surface area contributed by atoms with Gasteiger partial charge in [-0.1, -0.05) is 42.0 Å². The third kappa shape index (κ3) is 4.74. The fourth-order valence-electron chi connectivity index (χ4n) is 2.50. The van der Waals surface area contributed by atoms with E-state index in [4.69, 9.17) is 9.47 Å². The molecule has 0 saturated heterocycles. The Morgan fingerprint density at radius 2 is 1.87 bits per heavy atom. The van der Waals surface area contributed by atoms with Crippen molar-refractivity contribution in [2.45, 2.75) is 26.3 Å². The van der Waals surface area contributed by atoms with Crippen molar-refractivity contribution in [2.75, 3.05) is 14.2 Å². The fourth-order valence-corrected chi connectivity index (χ4v) is 2.50. The molecule has 2 rings (SSSR count). The van der Waals surface area contributed by atoms with Crippen LogP contribution in [0.5, 0.6) is 11.5 Å². The third-order valence-electron chi connectivity index (χ3n) is 3.68. The van der Waals surface area contributed by atoms with Gasteiger partial charge in [0.25, 0.3) is 0 Å². The van der Waals surface area contributed by atoms with E-state index < -0.39 is 0 Å². The minimum atomic E-state index is 0.0244. The second-order valence-electron chi connectivity index (χ2n) is 5.42. The van der Waals surface area contributed by atoms with E-state index in [0.29, 0.717) is 24.5 Å². The number of nitrogens with one attached hydrogen (secondary N) is 1. The molecule has 0 aliphatic carbocycles. The molecule has 1 N–H and O–H groups in total. The van der Waals surface area contributed by atoms with E-state index in [1.165, 1.54) is 11.1 Å². The molecule has 0 spiro atoms. The van der Waals surface area contributed by atoms with Crippen LogP contribution in [0.2, 0.25) is 0 Å². The fraction of sp³-hybridized carbons (Fsp3) is 0.316. The lowest BCUT2D eigenvalue weighted by Crippen LogP contribution is -2.23. The van der Waals surface area contributed by atoms with Gasteiger partial charge in [-0.3, -0.25) is 4.79 Å². The van der Waals surface area contributed by atoms with Gasteiger partial charge in [-0.15, -0.1) is 0 Å². The number of rotatable bonds is 7. The molecule has 2 aromatic rings. The lowest BCUT2D eigenvalue weighted by molar-refractivity contribution is -0.121. The van der Waals surface area contributed by atoms with E-state index in [1.54, 1.807) is 14.2 Å². The zero-order valence-corrected chi connectivity index (χ0v) is 13.9. The van der Waals surface area contributed by atoms with Crippen LogP contribution >= 0.6 is 0 Å². The highest BCUT2D eigenvalue weighted by molar-refractivity contribution is 5.76. The molecule has 0 aliphatic rings. The van der Waals surface area contributed by atoms with Gasteiger partial charge in [0, 0.05) is 18.5 Å². The summed E-state index contributed by atoms with van der Waals surface area (Å²) in [6.45, 7) is 2.48. The average Bonchev–Trinajstić information content (AvgIpc) is 2.57. The summed E-state index contributed by atoms with van der Waals surface area (Å²) < 4.78 is 10.6. The van der Waals surface area contributed by atoms with Crippen molar-refractivity contribution < 1.29 is 14.3 Å². The molecule has 0 bridgehead atoms. The Bertz CT molecular complexity index is 667. The number of hydrogen-bond donors (Lipinski definition) is 1. The van der Waals surface area contributed by atoms with Crippen molar-refractivity contribution in [2.24, 2.45) is 0 Å². The molecule has 1 amide bonds. The standard InChI is InChI=1S/C19H23NO3/c1-14-6-4-7-15(12-14)10-11-18(21)20-13-16-8-5-9-17(22-2)19(16)23-3/h4-9,12H,10-11,13H2,1-3H3,(H,20,21). The van der Waals surface area contributed by atoms with Gasteiger partial charge in [0.15, 0.2) is 11.5 Å². The van der Waals surface area contributed by atoms with Crippen LogP contribution in [-0.4, -0.2) is 20.1 Å². The first-order valence-electron chi connectivity index (χ1n) is 7.66. The summed E-state index contributed by atoms with van der Waals surface area (Å²) in [5, 5.41) is 2.94. The van der Waals surface area contributed by atoms with E-state index in [2.05, 4.69) is 24.4 Å². The van der Waals surface area contributed by atoms with E-state index in [0.717, 1.165) is 12.0 Å². The average molecular weight is 313 g/mol. The lowest BCUT2D eigenvalue weighted by atomic mass is 10.1. The summed E-state index contributed by atoms with van der Waals surface area (Å²) >= 11 is 0. The maximum absolute atomic E-state index is 12.0. The minimum Gasteiger partial charge on any atom is -0.493 e. The zero-order valence-electron chi connectivity index (χ0n) is 13.9. The molecule has 0 radical (unpaired) electrons. The van der Waals surface area contributed by atoms with E-state index in [-0.39, 0.29) is 5.91 Å². The quantitative estimate of drug-likeness (QED) is 0.853. The normalized spacial score (nSPS) is 10.2. The summed E-state index contributed by atoms with van der Waals surface area (Å²) in [4.78, 5) is 12.0. The number of methoxy groups -OCH3 is 2. The summed E-state index contributed by atoms with van der Waals surface area (Å²) in [5.41, 5.74) is 3.29. The van der Waals surface area contributed by atoms with Crippen molar-refractivity contribution in [3.63, 3.8) is 0 Å². The molecule has 0 unspecified atom stereocenters. The monoisotopic (exact) mass is 313 g/mol. The molecule has 23 heavy (non-hydrogen) atoms. The Morgan fingerprint density at radius 3 is 2.57 bits per heavy atom. The van der Waals surface area contributed by atoms with Gasteiger partial charge in [0.1, 0.15) is 0 Å². The number of hydrogen-bond acceptors (Lipinski definition) is 3. The number of aryl methyl sites for hydroxylation is 2. The predicted molar refractivity (Wildman–Crippen MR) is 90.9 cm³/mol. The second kappa shape index (κ2) is 8.22. The van der Waals surface area contributed by atoms with Crippen LogP contribution < -0.4 is 14.8 Å². The molecule has 122 valence electrons. The lowest BCUT2D eigenvalue weighted by Gasteiger charge is -2.13. The van der Waals surface area contributed by atoms with Gasteiger partial charge < -0.3 is 14.8 Å². The highest BCUT2D eigenvalue weighted by Gasteiger charge is 2.10. The van der Waals surface area contributed by atoms with Crippen molar-refractivity contribution in [1.29, 1.82) is 0 Å². The number of ether oxygens (including phenoxy) is 2. The number of benzene rings is 2. The molecular formula is C19H23NO3. The Hall–Kier alpha value is -2.49. The minimum absolute atomic E-state index is 0.0244. The molecule has 4 nitrogen and oxygen atoms in total. The van der Waals surface area contributed by atoms with Gasteiger partial charge in [0.2, 0.25) is 5.91 Å². The Balaban J connectivity index is 1.89. The first kappa shape index (κ1) is 16.9.